The Morgan fingerprint density at radius 1 is 0.719 bits per heavy atom. The summed E-state index contributed by atoms with van der Waals surface area (Å²) in [4.78, 5) is 3.72. The minimum absolute atomic E-state index is 0. The molecule has 156 valence electrons. The van der Waals surface area contributed by atoms with Crippen molar-refractivity contribution in [2.45, 2.75) is 26.7 Å². The summed E-state index contributed by atoms with van der Waals surface area (Å²) in [5.74, 6) is 0. The number of rotatable bonds is 1. The third-order valence-electron chi connectivity index (χ3n) is 5.40. The van der Waals surface area contributed by atoms with Crippen molar-refractivity contribution in [3.8, 4) is 5.69 Å². The van der Waals surface area contributed by atoms with Gasteiger partial charge in [0.05, 0.1) is 0 Å². The summed E-state index contributed by atoms with van der Waals surface area (Å²) in [6.45, 7) is 4.37. The molecule has 32 heavy (non-hydrogen) atoms. The van der Waals surface area contributed by atoms with Gasteiger partial charge in [0.1, 0.15) is 0 Å². The summed E-state index contributed by atoms with van der Waals surface area (Å²) in [5, 5.41) is 0. The normalized spacial score (nSPS) is 12.7. The molecule has 2 aromatic carbocycles. The number of benzene rings is 2. The third-order valence-corrected chi connectivity index (χ3v) is 6.14. The largest absolute Gasteiger partial charge is 1.00 e. The average molecular weight is 477 g/mol. The molecule has 0 aliphatic heterocycles. The van der Waals surface area contributed by atoms with Gasteiger partial charge in [-0.3, -0.25) is 0 Å². The van der Waals surface area contributed by atoms with Crippen molar-refractivity contribution in [3.05, 3.63) is 123 Å². The first-order chi connectivity index (χ1) is 15.1. The summed E-state index contributed by atoms with van der Waals surface area (Å²) < 4.78 is 3.42. The van der Waals surface area contributed by atoms with E-state index in [4.69, 9.17) is 0 Å². The van der Waals surface area contributed by atoms with Gasteiger partial charge in [-0.2, -0.15) is 12.4 Å². The fraction of sp³-hybridized carbons (Fsp3) is 0.143. The van der Waals surface area contributed by atoms with Gasteiger partial charge in [0.15, 0.2) is 0 Å². The van der Waals surface area contributed by atoms with Gasteiger partial charge in [0, 0.05) is 22.6 Å². The van der Waals surface area contributed by atoms with E-state index in [9.17, 15) is 0 Å². The van der Waals surface area contributed by atoms with E-state index in [0.29, 0.717) is 0 Å². The van der Waals surface area contributed by atoms with Crippen molar-refractivity contribution in [1.82, 2.24) is 9.55 Å². The Bertz CT molecular complexity index is 1190. The number of hydrogen-bond acceptors (Lipinski definition) is 0. The van der Waals surface area contributed by atoms with Crippen LogP contribution in [0.25, 0.3) is 17.8 Å². The van der Waals surface area contributed by atoms with Gasteiger partial charge in [0.2, 0.25) is 0 Å². The quantitative estimate of drug-likeness (QED) is 0.370. The molecule has 0 saturated heterocycles. The van der Waals surface area contributed by atoms with E-state index in [0.717, 1.165) is 12.8 Å². The van der Waals surface area contributed by atoms with Gasteiger partial charge in [0.25, 0.3) is 0 Å². The van der Waals surface area contributed by atoms with E-state index < -0.39 is 0 Å². The molecule has 0 unspecified atom stereocenters. The SMILES string of the molecule is CC1=Cc2cccc(-n3cccc3)c2C1.CC1=Cc2cccc(Br)c2C1.[Li+].c1cc[n-]c1. The molecular weight excluding hydrogens is 451 g/mol. The zero-order valence-electron chi connectivity index (χ0n) is 18.9. The molecule has 4 heteroatoms. The smallest absolute Gasteiger partial charge is 0.670 e. The van der Waals surface area contributed by atoms with E-state index in [2.05, 4.69) is 112 Å². The summed E-state index contributed by atoms with van der Waals surface area (Å²) >= 11 is 3.54. The second-order valence-corrected chi connectivity index (χ2v) is 8.76. The molecule has 4 aromatic rings. The maximum Gasteiger partial charge on any atom is 1.00 e. The minimum atomic E-state index is 0. The molecular formula is C28H26BrLiN2. The molecule has 0 N–H and O–H groups in total. The van der Waals surface area contributed by atoms with Gasteiger partial charge in [-0.05, 0) is 73.2 Å². The van der Waals surface area contributed by atoms with Gasteiger partial charge < -0.3 is 9.55 Å². The standard InChI is InChI=1S/C14H13N.C10H9Br.C4H4N.Li/c1-11-9-12-5-4-6-14(13(12)10-11)15-7-2-3-8-15;1-7-5-8-3-2-4-10(11)9(8)6-7;1-2-4-5-3-1;/h2-9H,10H2,1H3;2-5H,6H2,1H3;1-4H;/q;;-1;+1. The number of fused-ring (bicyclic) bond motifs is 2. The van der Waals surface area contributed by atoms with Crippen molar-refractivity contribution in [3.63, 3.8) is 0 Å². The van der Waals surface area contributed by atoms with E-state index in [1.807, 2.05) is 12.1 Å². The number of hydrogen-bond donors (Lipinski definition) is 0. The molecule has 2 aliphatic carbocycles. The van der Waals surface area contributed by atoms with Gasteiger partial charge >= 0.3 is 18.9 Å². The molecule has 0 radical (unpaired) electrons. The van der Waals surface area contributed by atoms with Crippen LogP contribution in [0.4, 0.5) is 0 Å². The van der Waals surface area contributed by atoms with Crippen molar-refractivity contribution in [1.29, 1.82) is 0 Å². The van der Waals surface area contributed by atoms with Crippen LogP contribution in [0.5, 0.6) is 0 Å². The molecule has 2 aromatic heterocycles. The summed E-state index contributed by atoms with van der Waals surface area (Å²) in [7, 11) is 0. The van der Waals surface area contributed by atoms with E-state index in [1.165, 1.54) is 43.6 Å². The van der Waals surface area contributed by atoms with Gasteiger partial charge in [-0.15, -0.1) is 0 Å². The topological polar surface area (TPSA) is 19.0 Å². The molecule has 2 nitrogen and oxygen atoms in total. The third kappa shape index (κ3) is 5.87. The van der Waals surface area contributed by atoms with Crippen molar-refractivity contribution >= 4 is 28.1 Å². The Balaban J connectivity index is 0.000000149. The van der Waals surface area contributed by atoms with Crippen LogP contribution in [-0.4, -0.2) is 4.57 Å². The maximum atomic E-state index is 3.72. The Labute approximate surface area is 211 Å². The molecule has 0 saturated carbocycles. The zero-order chi connectivity index (χ0) is 21.6. The Morgan fingerprint density at radius 3 is 1.84 bits per heavy atom. The predicted octanol–water partition coefficient (Wildman–Crippen LogP) is 4.49. The molecule has 6 rings (SSSR count). The maximum absolute atomic E-state index is 3.72. The van der Waals surface area contributed by atoms with Crippen LogP contribution in [0.3, 0.4) is 0 Å². The van der Waals surface area contributed by atoms with Crippen molar-refractivity contribution in [2.24, 2.45) is 0 Å². The predicted molar refractivity (Wildman–Crippen MR) is 134 cm³/mol. The molecule has 2 aliphatic rings. The van der Waals surface area contributed by atoms with Crippen molar-refractivity contribution in [2.75, 3.05) is 0 Å². The fourth-order valence-electron chi connectivity index (χ4n) is 3.99. The van der Waals surface area contributed by atoms with E-state index in [-0.39, 0.29) is 18.9 Å². The van der Waals surface area contributed by atoms with E-state index >= 15 is 0 Å². The molecule has 0 amide bonds. The van der Waals surface area contributed by atoms with Crippen LogP contribution < -0.4 is 23.8 Å². The molecule has 0 spiro atoms. The van der Waals surface area contributed by atoms with Crippen molar-refractivity contribution < 1.29 is 18.9 Å². The Morgan fingerprint density at radius 2 is 1.28 bits per heavy atom. The van der Waals surface area contributed by atoms with Crippen LogP contribution in [0, 0.1) is 0 Å². The first-order valence-corrected chi connectivity index (χ1v) is 11.3. The number of aromatic nitrogens is 2. The Hall–Kier alpha value is -2.44. The fourth-order valence-corrected chi connectivity index (χ4v) is 4.51. The minimum Gasteiger partial charge on any atom is -0.670 e. The van der Waals surface area contributed by atoms with Crippen LogP contribution in [-0.2, 0) is 12.8 Å². The second kappa shape index (κ2) is 11.4. The van der Waals surface area contributed by atoms with Gasteiger partial charge in [-0.25, -0.2) is 0 Å². The molecule has 0 atom stereocenters. The second-order valence-electron chi connectivity index (χ2n) is 7.91. The molecule has 2 heterocycles. The number of nitrogens with zero attached hydrogens (tertiary/aromatic N) is 2. The number of halogens is 1. The van der Waals surface area contributed by atoms with Gasteiger partial charge in [-0.1, -0.05) is 75.6 Å². The monoisotopic (exact) mass is 476 g/mol. The van der Waals surface area contributed by atoms with Crippen LogP contribution in [0.2, 0.25) is 0 Å². The summed E-state index contributed by atoms with van der Waals surface area (Å²) in [6.07, 6.45) is 14.4. The first-order valence-electron chi connectivity index (χ1n) is 10.5. The van der Waals surface area contributed by atoms with Crippen LogP contribution in [0.1, 0.15) is 36.1 Å². The van der Waals surface area contributed by atoms with Crippen LogP contribution in [0.15, 0.2) is 101 Å². The summed E-state index contributed by atoms with van der Waals surface area (Å²) in [6, 6.07) is 20.8. The summed E-state index contributed by atoms with van der Waals surface area (Å²) in [5.41, 5.74) is 9.84. The molecule has 0 fully saturated rings. The number of allylic oxidation sites excluding steroid dienone is 2. The first kappa shape index (κ1) is 24.2. The average Bonchev–Trinajstić information content (AvgIpc) is 3.54. The Kier molecular flexibility index (Phi) is 8.65. The van der Waals surface area contributed by atoms with E-state index in [1.54, 1.807) is 12.4 Å². The van der Waals surface area contributed by atoms with Crippen LogP contribution >= 0.6 is 15.9 Å². The zero-order valence-corrected chi connectivity index (χ0v) is 20.5. The molecule has 0 bridgehead atoms.